The van der Waals surface area contributed by atoms with E-state index in [1.807, 2.05) is 11.8 Å². The van der Waals surface area contributed by atoms with Crippen molar-refractivity contribution < 1.29 is 9.90 Å². The lowest BCUT2D eigenvalue weighted by Gasteiger charge is -2.39. The van der Waals surface area contributed by atoms with Gasteiger partial charge >= 0.3 is 0 Å². The number of hydrogen-bond acceptors (Lipinski definition) is 3. The van der Waals surface area contributed by atoms with Crippen molar-refractivity contribution >= 4 is 5.91 Å². The van der Waals surface area contributed by atoms with E-state index < -0.39 is 0 Å². The third kappa shape index (κ3) is 2.89. The highest BCUT2D eigenvalue weighted by Crippen LogP contribution is 2.20. The second-order valence-electron chi connectivity index (χ2n) is 5.23. The van der Waals surface area contributed by atoms with E-state index in [0.29, 0.717) is 11.6 Å². The molecule has 0 saturated carbocycles. The molecule has 1 atom stereocenters. The van der Waals surface area contributed by atoms with Crippen LogP contribution in [0.5, 0.6) is 5.75 Å². The predicted molar refractivity (Wildman–Crippen MR) is 75.5 cm³/mol. The number of piperazine rings is 1. The molecule has 104 valence electrons. The first kappa shape index (κ1) is 13.9. The predicted octanol–water partition coefficient (Wildman–Crippen LogP) is 1.87. The molecule has 1 aromatic carbocycles. The van der Waals surface area contributed by atoms with E-state index in [-0.39, 0.29) is 11.7 Å². The van der Waals surface area contributed by atoms with Gasteiger partial charge in [-0.25, -0.2) is 0 Å². The van der Waals surface area contributed by atoms with Crippen LogP contribution in [0.3, 0.4) is 0 Å². The monoisotopic (exact) mass is 262 g/mol. The van der Waals surface area contributed by atoms with Gasteiger partial charge in [-0.3, -0.25) is 9.69 Å². The molecule has 1 aliphatic heterocycles. The van der Waals surface area contributed by atoms with Crippen LogP contribution in [0.4, 0.5) is 0 Å². The zero-order valence-electron chi connectivity index (χ0n) is 11.9. The number of likely N-dealkylation sites (N-methyl/N-ethyl adjacent to an activating group) is 1. The van der Waals surface area contributed by atoms with Crippen LogP contribution in [0.1, 0.15) is 29.8 Å². The second-order valence-corrected chi connectivity index (χ2v) is 5.23. The molecular weight excluding hydrogens is 240 g/mol. The Morgan fingerprint density at radius 1 is 1.42 bits per heavy atom. The molecule has 4 heteroatoms. The van der Waals surface area contributed by atoms with E-state index in [2.05, 4.69) is 18.7 Å². The highest BCUT2D eigenvalue weighted by atomic mass is 16.3. The molecule has 1 heterocycles. The van der Waals surface area contributed by atoms with Gasteiger partial charge in [0.1, 0.15) is 5.75 Å². The molecule has 1 N–H and O–H groups in total. The van der Waals surface area contributed by atoms with Crippen molar-refractivity contribution in [2.45, 2.75) is 26.8 Å². The maximum atomic E-state index is 12.4. The molecule has 0 aromatic heterocycles. The Labute approximate surface area is 114 Å². The van der Waals surface area contributed by atoms with Crippen LogP contribution in [-0.2, 0) is 0 Å². The maximum Gasteiger partial charge on any atom is 0.254 e. The minimum atomic E-state index is 0.0119. The van der Waals surface area contributed by atoms with Crippen molar-refractivity contribution in [2.75, 3.05) is 26.2 Å². The minimum Gasteiger partial charge on any atom is -0.508 e. The summed E-state index contributed by atoms with van der Waals surface area (Å²) in [7, 11) is 0. The topological polar surface area (TPSA) is 43.8 Å². The fraction of sp³-hybridized carbons (Fsp3) is 0.533. The van der Waals surface area contributed by atoms with Gasteiger partial charge in [0.05, 0.1) is 0 Å². The van der Waals surface area contributed by atoms with Crippen molar-refractivity contribution in [1.29, 1.82) is 0 Å². The highest BCUT2D eigenvalue weighted by Gasteiger charge is 2.26. The lowest BCUT2D eigenvalue weighted by Crippen LogP contribution is -2.53. The summed E-state index contributed by atoms with van der Waals surface area (Å²) in [4.78, 5) is 16.6. The zero-order valence-corrected chi connectivity index (χ0v) is 11.9. The summed E-state index contributed by atoms with van der Waals surface area (Å²) in [6, 6.07) is 5.53. The van der Waals surface area contributed by atoms with Crippen LogP contribution in [0.2, 0.25) is 0 Å². The zero-order chi connectivity index (χ0) is 14.0. The summed E-state index contributed by atoms with van der Waals surface area (Å²) in [6.07, 6.45) is 0. The van der Waals surface area contributed by atoms with E-state index >= 15 is 0 Å². The second kappa shape index (κ2) is 5.61. The Morgan fingerprint density at radius 2 is 2.16 bits per heavy atom. The SMILES string of the molecule is CCN1CCN(C(=O)c2ccc(C)c(O)c2)CC1C. The molecule has 1 aliphatic rings. The van der Waals surface area contributed by atoms with Crippen LogP contribution in [0.25, 0.3) is 0 Å². The van der Waals surface area contributed by atoms with Crippen LogP contribution in [0.15, 0.2) is 18.2 Å². The first-order valence-corrected chi connectivity index (χ1v) is 6.86. The van der Waals surface area contributed by atoms with Gasteiger partial charge < -0.3 is 10.0 Å². The minimum absolute atomic E-state index is 0.0119. The van der Waals surface area contributed by atoms with Crippen LogP contribution in [-0.4, -0.2) is 53.0 Å². The van der Waals surface area contributed by atoms with E-state index in [4.69, 9.17) is 0 Å². The number of amides is 1. The molecule has 0 spiro atoms. The van der Waals surface area contributed by atoms with Gasteiger partial charge in [-0.15, -0.1) is 0 Å². The lowest BCUT2D eigenvalue weighted by molar-refractivity contribution is 0.0528. The first-order valence-electron chi connectivity index (χ1n) is 6.86. The van der Waals surface area contributed by atoms with Gasteiger partial charge in [-0.05, 0) is 38.1 Å². The molecule has 1 amide bonds. The van der Waals surface area contributed by atoms with Crippen molar-refractivity contribution in [3.8, 4) is 5.75 Å². The summed E-state index contributed by atoms with van der Waals surface area (Å²) >= 11 is 0. The average molecular weight is 262 g/mol. The van der Waals surface area contributed by atoms with Crippen LogP contribution in [0, 0.1) is 6.92 Å². The van der Waals surface area contributed by atoms with Gasteiger partial charge in [0.2, 0.25) is 0 Å². The standard InChI is InChI=1S/C15H22N2O2/c1-4-16-7-8-17(10-12(16)3)15(19)13-6-5-11(2)14(18)9-13/h5-6,9,12,18H,4,7-8,10H2,1-3H3. The Bertz CT molecular complexity index is 473. The van der Waals surface area contributed by atoms with Gasteiger partial charge in [0, 0.05) is 31.2 Å². The van der Waals surface area contributed by atoms with Gasteiger partial charge in [0.15, 0.2) is 0 Å². The lowest BCUT2D eigenvalue weighted by atomic mass is 10.1. The fourth-order valence-electron chi connectivity index (χ4n) is 2.57. The van der Waals surface area contributed by atoms with Crippen molar-refractivity contribution in [3.63, 3.8) is 0 Å². The number of aromatic hydroxyl groups is 1. The smallest absolute Gasteiger partial charge is 0.254 e. The Balaban J connectivity index is 2.10. The molecule has 19 heavy (non-hydrogen) atoms. The van der Waals surface area contributed by atoms with Crippen molar-refractivity contribution in [2.24, 2.45) is 0 Å². The van der Waals surface area contributed by atoms with Crippen LogP contribution < -0.4 is 0 Å². The van der Waals surface area contributed by atoms with E-state index in [1.54, 1.807) is 18.2 Å². The summed E-state index contributed by atoms with van der Waals surface area (Å²) in [5.41, 5.74) is 1.36. The molecule has 2 rings (SSSR count). The summed E-state index contributed by atoms with van der Waals surface area (Å²) < 4.78 is 0. The molecule has 0 radical (unpaired) electrons. The van der Waals surface area contributed by atoms with E-state index in [9.17, 15) is 9.90 Å². The average Bonchev–Trinajstić information content (AvgIpc) is 2.41. The highest BCUT2D eigenvalue weighted by molar-refractivity contribution is 5.94. The van der Waals surface area contributed by atoms with Crippen molar-refractivity contribution in [1.82, 2.24) is 9.80 Å². The van der Waals surface area contributed by atoms with E-state index in [1.165, 1.54) is 0 Å². The van der Waals surface area contributed by atoms with E-state index in [0.717, 1.165) is 31.7 Å². The summed E-state index contributed by atoms with van der Waals surface area (Å²) in [5, 5.41) is 9.70. The Morgan fingerprint density at radius 3 is 2.74 bits per heavy atom. The number of carbonyl (C=O) groups is 1. The third-order valence-electron chi connectivity index (χ3n) is 3.91. The number of rotatable bonds is 2. The molecule has 1 aromatic rings. The molecule has 0 bridgehead atoms. The molecular formula is C15H22N2O2. The number of hydrogen-bond donors (Lipinski definition) is 1. The van der Waals surface area contributed by atoms with Crippen LogP contribution >= 0.6 is 0 Å². The fourth-order valence-corrected chi connectivity index (χ4v) is 2.57. The summed E-state index contributed by atoms with van der Waals surface area (Å²) in [6.45, 7) is 9.57. The number of phenols is 1. The molecule has 0 aliphatic carbocycles. The molecule has 1 fully saturated rings. The molecule has 1 unspecified atom stereocenters. The number of nitrogens with zero attached hydrogens (tertiary/aromatic N) is 2. The third-order valence-corrected chi connectivity index (χ3v) is 3.91. The van der Waals surface area contributed by atoms with Gasteiger partial charge in [0.25, 0.3) is 5.91 Å². The van der Waals surface area contributed by atoms with Gasteiger partial charge in [-0.2, -0.15) is 0 Å². The number of benzene rings is 1. The number of aryl methyl sites for hydroxylation is 1. The Hall–Kier alpha value is -1.55. The Kier molecular flexibility index (Phi) is 4.10. The maximum absolute atomic E-state index is 12.4. The van der Waals surface area contributed by atoms with Crippen molar-refractivity contribution in [3.05, 3.63) is 29.3 Å². The number of phenolic OH excluding ortho intramolecular Hbond substituents is 1. The largest absolute Gasteiger partial charge is 0.508 e. The first-order chi connectivity index (χ1) is 9.02. The normalized spacial score (nSPS) is 20.6. The summed E-state index contributed by atoms with van der Waals surface area (Å²) in [5.74, 6) is 0.198. The molecule has 4 nitrogen and oxygen atoms in total. The van der Waals surface area contributed by atoms with Gasteiger partial charge in [-0.1, -0.05) is 13.0 Å². The molecule has 1 saturated heterocycles. The quantitative estimate of drug-likeness (QED) is 0.885. The number of carbonyl (C=O) groups excluding carboxylic acids is 1.